The van der Waals surface area contributed by atoms with E-state index >= 15 is 0 Å². The van der Waals surface area contributed by atoms with E-state index in [-0.39, 0.29) is 0 Å². The van der Waals surface area contributed by atoms with Crippen LogP contribution >= 0.6 is 0 Å². The second-order valence-electron chi connectivity index (χ2n) is 6.05. The molecule has 3 atom stereocenters. The third-order valence-electron chi connectivity index (χ3n) is 4.25. The van der Waals surface area contributed by atoms with E-state index in [1.165, 1.54) is 30.5 Å². The number of pyridine rings is 1. The van der Waals surface area contributed by atoms with Crippen LogP contribution in [0.2, 0.25) is 0 Å². The van der Waals surface area contributed by atoms with E-state index in [0.29, 0.717) is 17.9 Å². The van der Waals surface area contributed by atoms with E-state index in [9.17, 15) is 0 Å². The summed E-state index contributed by atoms with van der Waals surface area (Å²) in [5.74, 6) is 1.15. The van der Waals surface area contributed by atoms with Crippen molar-refractivity contribution >= 4 is 0 Å². The van der Waals surface area contributed by atoms with Crippen molar-refractivity contribution in [2.75, 3.05) is 20.3 Å². The van der Waals surface area contributed by atoms with Gasteiger partial charge in [-0.15, -0.1) is 0 Å². The summed E-state index contributed by atoms with van der Waals surface area (Å²) >= 11 is 0. The summed E-state index contributed by atoms with van der Waals surface area (Å²) in [6.07, 6.45) is 6.68. The molecule has 0 amide bonds. The molecule has 1 aromatic rings. The van der Waals surface area contributed by atoms with Crippen LogP contribution in [0.1, 0.15) is 50.3 Å². The van der Waals surface area contributed by atoms with Gasteiger partial charge in [0.2, 0.25) is 0 Å². The first-order valence-electron chi connectivity index (χ1n) is 7.92. The van der Waals surface area contributed by atoms with Crippen LogP contribution in [0, 0.1) is 5.92 Å². The molecule has 0 fully saturated rings. The average molecular weight is 276 g/mol. The highest BCUT2D eigenvalue weighted by Gasteiger charge is 2.31. The van der Waals surface area contributed by atoms with Crippen LogP contribution in [-0.2, 0) is 11.2 Å². The Hall–Kier alpha value is -0.930. The maximum Gasteiger partial charge on any atom is 0.0488 e. The monoisotopic (exact) mass is 276 g/mol. The van der Waals surface area contributed by atoms with Crippen molar-refractivity contribution in [1.29, 1.82) is 0 Å². The quantitative estimate of drug-likeness (QED) is 0.792. The van der Waals surface area contributed by atoms with Gasteiger partial charge in [-0.05, 0) is 49.8 Å². The summed E-state index contributed by atoms with van der Waals surface area (Å²) in [6, 6.07) is 4.82. The predicted molar refractivity (Wildman–Crippen MR) is 83.0 cm³/mol. The number of hydrogen-bond donors (Lipinski definition) is 1. The van der Waals surface area contributed by atoms with Crippen LogP contribution in [0.3, 0.4) is 0 Å². The summed E-state index contributed by atoms with van der Waals surface area (Å²) < 4.78 is 5.30. The molecule has 0 saturated carbocycles. The van der Waals surface area contributed by atoms with E-state index in [4.69, 9.17) is 4.74 Å². The molecule has 0 bridgehead atoms. The van der Waals surface area contributed by atoms with Crippen molar-refractivity contribution in [3.8, 4) is 0 Å². The standard InChI is InChI=1S/C17H28N2O/c1-4-9-18-16(11-13(2)12-20-3)15-8-7-14-6-5-10-19-17(14)15/h5-6,10,13,15-16,18H,4,7-9,11-12H2,1-3H3. The molecule has 3 heteroatoms. The second kappa shape index (κ2) is 7.75. The van der Waals surface area contributed by atoms with Gasteiger partial charge >= 0.3 is 0 Å². The highest BCUT2D eigenvalue weighted by Crippen LogP contribution is 2.35. The Morgan fingerprint density at radius 3 is 3.10 bits per heavy atom. The number of ether oxygens (including phenoxy) is 1. The number of fused-ring (bicyclic) bond motifs is 1. The van der Waals surface area contributed by atoms with Gasteiger partial charge in [0, 0.05) is 37.6 Å². The normalized spacial score (nSPS) is 20.6. The molecule has 2 rings (SSSR count). The zero-order valence-electron chi connectivity index (χ0n) is 13.1. The lowest BCUT2D eigenvalue weighted by Gasteiger charge is -2.27. The number of aromatic nitrogens is 1. The predicted octanol–water partition coefficient (Wildman–Crippen LogP) is 3.15. The summed E-state index contributed by atoms with van der Waals surface area (Å²) in [6.45, 7) is 6.43. The molecular weight excluding hydrogens is 248 g/mol. The van der Waals surface area contributed by atoms with Gasteiger partial charge in [-0.25, -0.2) is 0 Å². The molecule has 3 unspecified atom stereocenters. The number of nitrogens with zero attached hydrogens (tertiary/aromatic N) is 1. The number of methoxy groups -OCH3 is 1. The molecule has 112 valence electrons. The molecule has 0 spiro atoms. The first-order chi connectivity index (χ1) is 9.76. The average Bonchev–Trinajstić information content (AvgIpc) is 2.87. The smallest absolute Gasteiger partial charge is 0.0488 e. The molecule has 1 aromatic heterocycles. The summed E-state index contributed by atoms with van der Waals surface area (Å²) in [5.41, 5.74) is 2.77. The Bertz CT molecular complexity index is 408. The SMILES string of the molecule is CCCNC(CC(C)COC)C1CCc2cccnc21. The van der Waals surface area contributed by atoms with Crippen molar-refractivity contribution in [1.82, 2.24) is 10.3 Å². The molecule has 0 aliphatic heterocycles. The van der Waals surface area contributed by atoms with Gasteiger partial charge in [0.05, 0.1) is 0 Å². The minimum Gasteiger partial charge on any atom is -0.384 e. The van der Waals surface area contributed by atoms with Gasteiger partial charge in [-0.2, -0.15) is 0 Å². The van der Waals surface area contributed by atoms with Gasteiger partial charge < -0.3 is 10.1 Å². The molecule has 1 heterocycles. The van der Waals surface area contributed by atoms with Gasteiger partial charge in [0.25, 0.3) is 0 Å². The lowest BCUT2D eigenvalue weighted by Crippen LogP contribution is -2.37. The highest BCUT2D eigenvalue weighted by atomic mass is 16.5. The van der Waals surface area contributed by atoms with Crippen LogP contribution in [-0.4, -0.2) is 31.3 Å². The molecule has 1 aliphatic carbocycles. The molecular formula is C17H28N2O. The maximum atomic E-state index is 5.30. The molecule has 3 nitrogen and oxygen atoms in total. The summed E-state index contributed by atoms with van der Waals surface area (Å²) in [5, 5.41) is 3.75. The zero-order chi connectivity index (χ0) is 14.4. The Balaban J connectivity index is 2.07. The second-order valence-corrected chi connectivity index (χ2v) is 6.05. The van der Waals surface area contributed by atoms with Gasteiger partial charge in [0.15, 0.2) is 0 Å². The van der Waals surface area contributed by atoms with Gasteiger partial charge in [-0.3, -0.25) is 4.98 Å². The van der Waals surface area contributed by atoms with Crippen molar-refractivity contribution in [2.24, 2.45) is 5.92 Å². The third-order valence-corrected chi connectivity index (χ3v) is 4.25. The Morgan fingerprint density at radius 1 is 1.50 bits per heavy atom. The lowest BCUT2D eigenvalue weighted by atomic mass is 9.89. The summed E-state index contributed by atoms with van der Waals surface area (Å²) in [4.78, 5) is 4.65. The van der Waals surface area contributed by atoms with E-state index in [1.807, 2.05) is 6.20 Å². The van der Waals surface area contributed by atoms with Crippen LogP contribution in [0.4, 0.5) is 0 Å². The minimum atomic E-state index is 0.524. The highest BCUT2D eigenvalue weighted by molar-refractivity contribution is 5.30. The molecule has 1 aliphatic rings. The van der Waals surface area contributed by atoms with E-state index < -0.39 is 0 Å². The van der Waals surface area contributed by atoms with Crippen molar-refractivity contribution in [2.45, 2.75) is 51.5 Å². The first kappa shape index (κ1) is 15.5. The Kier molecular flexibility index (Phi) is 5.99. The van der Waals surface area contributed by atoms with Crippen LogP contribution in [0.5, 0.6) is 0 Å². The molecule has 0 radical (unpaired) electrons. The summed E-state index contributed by atoms with van der Waals surface area (Å²) in [7, 11) is 1.79. The van der Waals surface area contributed by atoms with Gasteiger partial charge in [0.1, 0.15) is 0 Å². The van der Waals surface area contributed by atoms with Crippen LogP contribution < -0.4 is 5.32 Å². The largest absolute Gasteiger partial charge is 0.384 e. The number of hydrogen-bond acceptors (Lipinski definition) is 3. The number of aryl methyl sites for hydroxylation is 1. The maximum absolute atomic E-state index is 5.30. The molecule has 1 N–H and O–H groups in total. The molecule has 0 aromatic carbocycles. The van der Waals surface area contributed by atoms with E-state index in [1.54, 1.807) is 7.11 Å². The number of nitrogens with one attached hydrogen (secondary N) is 1. The van der Waals surface area contributed by atoms with Crippen molar-refractivity contribution in [3.63, 3.8) is 0 Å². The number of rotatable bonds is 8. The van der Waals surface area contributed by atoms with Crippen molar-refractivity contribution < 1.29 is 4.74 Å². The third kappa shape index (κ3) is 3.80. The topological polar surface area (TPSA) is 34.1 Å². The lowest BCUT2D eigenvalue weighted by molar-refractivity contribution is 0.146. The fourth-order valence-corrected chi connectivity index (χ4v) is 3.34. The fraction of sp³-hybridized carbons (Fsp3) is 0.706. The zero-order valence-corrected chi connectivity index (χ0v) is 13.1. The van der Waals surface area contributed by atoms with Crippen LogP contribution in [0.25, 0.3) is 0 Å². The van der Waals surface area contributed by atoms with Gasteiger partial charge in [-0.1, -0.05) is 19.9 Å². The van der Waals surface area contributed by atoms with Crippen molar-refractivity contribution in [3.05, 3.63) is 29.6 Å². The van der Waals surface area contributed by atoms with E-state index in [0.717, 1.165) is 19.6 Å². The fourth-order valence-electron chi connectivity index (χ4n) is 3.34. The Labute approximate surface area is 123 Å². The first-order valence-corrected chi connectivity index (χ1v) is 7.92. The minimum absolute atomic E-state index is 0.524. The Morgan fingerprint density at radius 2 is 2.35 bits per heavy atom. The molecule has 0 saturated heterocycles. The molecule has 20 heavy (non-hydrogen) atoms. The van der Waals surface area contributed by atoms with Crippen LogP contribution in [0.15, 0.2) is 18.3 Å². The van der Waals surface area contributed by atoms with E-state index in [2.05, 4.69) is 36.3 Å².